The minimum Gasteiger partial charge on any atom is -0.504 e. The molecule has 4 heteroatoms. The van der Waals surface area contributed by atoms with Gasteiger partial charge in [0.1, 0.15) is 0 Å². The van der Waals surface area contributed by atoms with Crippen LogP contribution in [-0.2, 0) is 0 Å². The topological polar surface area (TPSA) is 55.5 Å². The number of aromatic hydroxyl groups is 1. The van der Waals surface area contributed by atoms with E-state index in [2.05, 4.69) is 15.9 Å². The summed E-state index contributed by atoms with van der Waals surface area (Å²) in [6.07, 6.45) is 3.54. The van der Waals surface area contributed by atoms with Crippen LogP contribution >= 0.6 is 15.9 Å². The predicted octanol–water partition coefficient (Wildman–Crippen LogP) is 2.44. The van der Waals surface area contributed by atoms with E-state index >= 15 is 0 Å². The van der Waals surface area contributed by atoms with Crippen LogP contribution < -0.4 is 10.5 Å². The van der Waals surface area contributed by atoms with Crippen molar-refractivity contribution in [2.75, 3.05) is 13.7 Å². The average Bonchev–Trinajstić information content (AvgIpc) is 2.22. The second-order valence-corrected chi connectivity index (χ2v) is 3.95. The van der Waals surface area contributed by atoms with Crippen molar-refractivity contribution in [3.05, 3.63) is 27.7 Å². The summed E-state index contributed by atoms with van der Waals surface area (Å²) in [4.78, 5) is 0. The number of hydrogen-bond donors (Lipinski definition) is 2. The molecule has 15 heavy (non-hydrogen) atoms. The molecular weight excluding hydrogens is 258 g/mol. The Morgan fingerprint density at radius 2 is 2.27 bits per heavy atom. The van der Waals surface area contributed by atoms with Gasteiger partial charge >= 0.3 is 0 Å². The molecule has 0 radical (unpaired) electrons. The highest BCUT2D eigenvalue weighted by Crippen LogP contribution is 2.38. The molecular formula is C11H14BrNO2. The minimum absolute atomic E-state index is 0.142. The van der Waals surface area contributed by atoms with E-state index in [0.29, 0.717) is 17.9 Å². The molecule has 0 saturated carbocycles. The molecule has 1 aromatic rings. The van der Waals surface area contributed by atoms with Gasteiger partial charge in [-0.2, -0.15) is 0 Å². The van der Waals surface area contributed by atoms with Gasteiger partial charge in [-0.15, -0.1) is 0 Å². The Kier molecular flexibility index (Phi) is 4.17. The van der Waals surface area contributed by atoms with Gasteiger partial charge in [0.15, 0.2) is 11.5 Å². The number of hydrogen-bond acceptors (Lipinski definition) is 3. The lowest BCUT2D eigenvalue weighted by atomic mass is 10.1. The maximum Gasteiger partial charge on any atom is 0.165 e. The third kappa shape index (κ3) is 2.52. The Labute approximate surface area is 97.7 Å². The highest BCUT2D eigenvalue weighted by molar-refractivity contribution is 9.10. The molecule has 1 rings (SSSR count). The van der Waals surface area contributed by atoms with Gasteiger partial charge in [0.2, 0.25) is 0 Å². The summed E-state index contributed by atoms with van der Waals surface area (Å²) in [5.41, 5.74) is 6.92. The quantitative estimate of drug-likeness (QED) is 0.888. The highest BCUT2D eigenvalue weighted by Gasteiger charge is 2.12. The molecule has 0 aliphatic heterocycles. The first-order valence-corrected chi connectivity index (χ1v) is 5.33. The van der Waals surface area contributed by atoms with Gasteiger partial charge in [-0.1, -0.05) is 28.1 Å². The third-order valence-electron chi connectivity index (χ3n) is 2.11. The zero-order valence-electron chi connectivity index (χ0n) is 8.75. The van der Waals surface area contributed by atoms with Crippen molar-refractivity contribution in [3.8, 4) is 11.5 Å². The number of phenolic OH excluding ortho intramolecular Hbond substituents is 1. The van der Waals surface area contributed by atoms with E-state index in [1.165, 1.54) is 7.11 Å². The Hall–Kier alpha value is -1.00. The number of halogens is 1. The van der Waals surface area contributed by atoms with Crippen LogP contribution in [0.3, 0.4) is 0 Å². The number of ether oxygens (including phenoxy) is 1. The molecule has 0 spiro atoms. The standard InChI is InChI=1S/C11H14BrNO2/c1-7-9(12)6-8(4-3-5-13)10(14)11(7)15-2/h3-4,6,14H,5,13H2,1-2H3/b4-3+. The van der Waals surface area contributed by atoms with E-state index in [9.17, 15) is 5.11 Å². The van der Waals surface area contributed by atoms with Crippen molar-refractivity contribution >= 4 is 22.0 Å². The second-order valence-electron chi connectivity index (χ2n) is 3.09. The molecule has 0 fully saturated rings. The fourth-order valence-electron chi connectivity index (χ4n) is 1.30. The summed E-state index contributed by atoms with van der Waals surface area (Å²) >= 11 is 3.41. The Bertz CT molecular complexity index is 389. The van der Waals surface area contributed by atoms with E-state index in [0.717, 1.165) is 10.0 Å². The number of rotatable bonds is 3. The van der Waals surface area contributed by atoms with Crippen LogP contribution in [0.5, 0.6) is 11.5 Å². The van der Waals surface area contributed by atoms with Gasteiger partial charge in [0.25, 0.3) is 0 Å². The summed E-state index contributed by atoms with van der Waals surface area (Å²) in [6.45, 7) is 2.31. The lowest BCUT2D eigenvalue weighted by Crippen LogP contribution is -1.94. The van der Waals surface area contributed by atoms with Crippen molar-refractivity contribution in [2.45, 2.75) is 6.92 Å². The molecule has 3 nitrogen and oxygen atoms in total. The average molecular weight is 272 g/mol. The molecule has 0 unspecified atom stereocenters. The van der Waals surface area contributed by atoms with Crippen molar-refractivity contribution < 1.29 is 9.84 Å². The first-order chi connectivity index (χ1) is 7.11. The van der Waals surface area contributed by atoms with Crippen molar-refractivity contribution in [1.82, 2.24) is 0 Å². The normalized spacial score (nSPS) is 10.9. The first-order valence-electron chi connectivity index (χ1n) is 4.54. The Morgan fingerprint density at radius 3 is 2.80 bits per heavy atom. The first kappa shape index (κ1) is 12.1. The number of phenols is 1. The van der Waals surface area contributed by atoms with Gasteiger partial charge in [-0.05, 0) is 13.0 Å². The van der Waals surface area contributed by atoms with Crippen LogP contribution in [-0.4, -0.2) is 18.8 Å². The Balaban J connectivity index is 3.30. The van der Waals surface area contributed by atoms with E-state index < -0.39 is 0 Å². The summed E-state index contributed by atoms with van der Waals surface area (Å²) < 4.78 is 6.03. The lowest BCUT2D eigenvalue weighted by molar-refractivity contribution is 0.370. The van der Waals surface area contributed by atoms with Crippen LogP contribution in [0.15, 0.2) is 16.6 Å². The summed E-state index contributed by atoms with van der Waals surface area (Å²) in [6, 6.07) is 1.83. The lowest BCUT2D eigenvalue weighted by Gasteiger charge is -2.11. The summed E-state index contributed by atoms with van der Waals surface area (Å²) in [5, 5.41) is 9.88. The number of benzene rings is 1. The molecule has 0 heterocycles. The third-order valence-corrected chi connectivity index (χ3v) is 2.93. The molecule has 0 aromatic heterocycles. The fourth-order valence-corrected chi connectivity index (χ4v) is 1.73. The monoisotopic (exact) mass is 271 g/mol. The van der Waals surface area contributed by atoms with Gasteiger partial charge in [-0.25, -0.2) is 0 Å². The van der Waals surface area contributed by atoms with Crippen molar-refractivity contribution in [1.29, 1.82) is 0 Å². The smallest absolute Gasteiger partial charge is 0.165 e. The molecule has 3 N–H and O–H groups in total. The van der Waals surface area contributed by atoms with E-state index in [1.807, 2.05) is 13.0 Å². The van der Waals surface area contributed by atoms with Crippen molar-refractivity contribution in [2.24, 2.45) is 5.73 Å². The predicted molar refractivity (Wildman–Crippen MR) is 65.2 cm³/mol. The minimum atomic E-state index is 0.142. The number of methoxy groups -OCH3 is 1. The van der Waals surface area contributed by atoms with Crippen LogP contribution in [0.25, 0.3) is 6.08 Å². The molecule has 0 bridgehead atoms. The number of nitrogens with two attached hydrogens (primary N) is 1. The molecule has 0 aliphatic carbocycles. The largest absolute Gasteiger partial charge is 0.504 e. The van der Waals surface area contributed by atoms with Crippen LogP contribution in [0.4, 0.5) is 0 Å². The summed E-state index contributed by atoms with van der Waals surface area (Å²) in [5.74, 6) is 0.629. The van der Waals surface area contributed by atoms with Crippen molar-refractivity contribution in [3.63, 3.8) is 0 Å². The van der Waals surface area contributed by atoms with Gasteiger partial charge < -0.3 is 15.6 Å². The molecule has 82 valence electrons. The van der Waals surface area contributed by atoms with Crippen LogP contribution in [0, 0.1) is 6.92 Å². The SMILES string of the molecule is COc1c(C)c(Br)cc(/C=C/CN)c1O. The fraction of sp³-hybridized carbons (Fsp3) is 0.273. The maximum atomic E-state index is 9.88. The van der Waals surface area contributed by atoms with E-state index in [1.54, 1.807) is 12.2 Å². The summed E-state index contributed by atoms with van der Waals surface area (Å²) in [7, 11) is 1.53. The van der Waals surface area contributed by atoms with E-state index in [-0.39, 0.29) is 5.75 Å². The Morgan fingerprint density at radius 1 is 1.60 bits per heavy atom. The molecule has 0 aliphatic rings. The molecule has 0 amide bonds. The molecule has 0 atom stereocenters. The van der Waals surface area contributed by atoms with Gasteiger partial charge in [0.05, 0.1) is 7.11 Å². The van der Waals surface area contributed by atoms with E-state index in [4.69, 9.17) is 10.5 Å². The zero-order valence-corrected chi connectivity index (χ0v) is 10.3. The van der Waals surface area contributed by atoms with Gasteiger partial charge in [-0.3, -0.25) is 0 Å². The second kappa shape index (κ2) is 5.19. The maximum absolute atomic E-state index is 9.88. The molecule has 1 aromatic carbocycles. The van der Waals surface area contributed by atoms with Crippen LogP contribution in [0.2, 0.25) is 0 Å². The zero-order chi connectivity index (χ0) is 11.4. The van der Waals surface area contributed by atoms with Gasteiger partial charge in [0, 0.05) is 22.1 Å². The highest BCUT2D eigenvalue weighted by atomic mass is 79.9. The van der Waals surface area contributed by atoms with Crippen LogP contribution in [0.1, 0.15) is 11.1 Å². The molecule has 0 saturated heterocycles.